The van der Waals surface area contributed by atoms with Crippen LogP contribution in [0.25, 0.3) is 0 Å². The summed E-state index contributed by atoms with van der Waals surface area (Å²) in [6, 6.07) is 0. The van der Waals surface area contributed by atoms with E-state index >= 15 is 0 Å². The van der Waals surface area contributed by atoms with Crippen LogP contribution in [0, 0.1) is 5.92 Å². The minimum Gasteiger partial charge on any atom is -0.394 e. The van der Waals surface area contributed by atoms with E-state index in [-0.39, 0.29) is 18.2 Å². The van der Waals surface area contributed by atoms with E-state index in [4.69, 9.17) is 9.84 Å². The van der Waals surface area contributed by atoms with E-state index < -0.39 is 37.3 Å². The number of amides is 1. The number of aliphatic hydroxyl groups excluding tert-OH is 4. The van der Waals surface area contributed by atoms with Crippen LogP contribution in [0.4, 0.5) is 0 Å². The molecule has 7 heteroatoms. The van der Waals surface area contributed by atoms with Gasteiger partial charge in [0.15, 0.2) is 6.23 Å². The Hall–Kier alpha value is -0.730. The van der Waals surface area contributed by atoms with Crippen molar-refractivity contribution >= 4 is 5.91 Å². The van der Waals surface area contributed by atoms with Crippen molar-refractivity contribution in [1.82, 2.24) is 5.32 Å². The number of nitrogens with one attached hydrogen (secondary N) is 1. The summed E-state index contributed by atoms with van der Waals surface area (Å²) in [6.07, 6.45) is -6.20. The summed E-state index contributed by atoms with van der Waals surface area (Å²) in [5, 5.41) is 40.1. The predicted molar refractivity (Wildman–Crippen MR) is 61.4 cm³/mol. The lowest BCUT2D eigenvalue weighted by Gasteiger charge is -2.40. The smallest absolute Gasteiger partial charge is 0.222 e. The first-order chi connectivity index (χ1) is 8.36. The highest BCUT2D eigenvalue weighted by Crippen LogP contribution is 2.19. The van der Waals surface area contributed by atoms with Crippen LogP contribution in [0.15, 0.2) is 0 Å². The van der Waals surface area contributed by atoms with Gasteiger partial charge < -0.3 is 30.5 Å². The quantitative estimate of drug-likeness (QED) is 0.398. The van der Waals surface area contributed by atoms with Gasteiger partial charge in [-0.1, -0.05) is 13.8 Å². The van der Waals surface area contributed by atoms with Crippen LogP contribution >= 0.6 is 0 Å². The standard InChI is InChI=1S/C11H21NO6/c1-5(2)3-7(14)12-11-10(17)9(16)8(15)6(4-13)18-11/h5-6,8-11,13,15-17H,3-4H2,1-2H3,(H,12,14)/t6?,8-,9-,10?,11?/m0/s1. The Bertz CT molecular complexity index is 283. The lowest BCUT2D eigenvalue weighted by molar-refractivity contribution is -0.236. The van der Waals surface area contributed by atoms with Gasteiger partial charge in [0, 0.05) is 6.42 Å². The van der Waals surface area contributed by atoms with E-state index in [1.165, 1.54) is 0 Å². The molecule has 5 atom stereocenters. The van der Waals surface area contributed by atoms with Crippen LogP contribution in [0.3, 0.4) is 0 Å². The molecule has 0 bridgehead atoms. The first kappa shape index (κ1) is 15.3. The summed E-state index contributed by atoms with van der Waals surface area (Å²) < 4.78 is 5.14. The number of aliphatic hydroxyl groups is 4. The average molecular weight is 263 g/mol. The molecule has 5 N–H and O–H groups in total. The Balaban J connectivity index is 2.61. The van der Waals surface area contributed by atoms with E-state index in [1.54, 1.807) is 0 Å². The van der Waals surface area contributed by atoms with Gasteiger partial charge in [-0.05, 0) is 5.92 Å². The summed E-state index contributed by atoms with van der Waals surface area (Å²) in [5.74, 6) is -0.177. The van der Waals surface area contributed by atoms with Gasteiger partial charge in [0.2, 0.25) is 5.91 Å². The molecule has 3 unspecified atom stereocenters. The molecule has 1 fully saturated rings. The molecule has 7 nitrogen and oxygen atoms in total. The molecular formula is C11H21NO6. The predicted octanol–water partition coefficient (Wildman–Crippen LogP) is -2.05. The lowest BCUT2D eigenvalue weighted by Crippen LogP contribution is -2.63. The summed E-state index contributed by atoms with van der Waals surface area (Å²) in [6.45, 7) is 3.22. The number of hydrogen-bond donors (Lipinski definition) is 5. The minimum absolute atomic E-state index is 0.148. The van der Waals surface area contributed by atoms with E-state index in [2.05, 4.69) is 5.32 Å². The van der Waals surface area contributed by atoms with Crippen LogP contribution in [-0.2, 0) is 9.53 Å². The van der Waals surface area contributed by atoms with Crippen molar-refractivity contribution in [2.75, 3.05) is 6.61 Å². The van der Waals surface area contributed by atoms with Gasteiger partial charge in [-0.3, -0.25) is 4.79 Å². The van der Waals surface area contributed by atoms with Crippen LogP contribution < -0.4 is 5.32 Å². The fraction of sp³-hybridized carbons (Fsp3) is 0.909. The largest absolute Gasteiger partial charge is 0.394 e. The van der Waals surface area contributed by atoms with Crippen LogP contribution in [0.5, 0.6) is 0 Å². The molecule has 18 heavy (non-hydrogen) atoms. The third kappa shape index (κ3) is 3.63. The molecule has 0 aromatic rings. The zero-order valence-corrected chi connectivity index (χ0v) is 10.5. The third-order valence-electron chi connectivity index (χ3n) is 2.79. The Kier molecular flexibility index (Phi) is 5.48. The number of ether oxygens (including phenoxy) is 1. The van der Waals surface area contributed by atoms with Crippen molar-refractivity contribution in [1.29, 1.82) is 0 Å². The molecule has 1 amide bonds. The SMILES string of the molecule is CC(C)CC(=O)NC1OC(CO)[C@H](O)[C@H](O)C1O. The highest BCUT2D eigenvalue weighted by molar-refractivity contribution is 5.76. The molecule has 1 saturated heterocycles. The van der Waals surface area contributed by atoms with Crippen molar-refractivity contribution in [2.24, 2.45) is 5.92 Å². The van der Waals surface area contributed by atoms with Crippen molar-refractivity contribution < 1.29 is 30.0 Å². The van der Waals surface area contributed by atoms with E-state index in [0.717, 1.165) is 0 Å². The van der Waals surface area contributed by atoms with Gasteiger partial charge in [-0.2, -0.15) is 0 Å². The Labute approximate surface area is 105 Å². The van der Waals surface area contributed by atoms with Crippen molar-refractivity contribution in [3.63, 3.8) is 0 Å². The Morgan fingerprint density at radius 2 is 1.83 bits per heavy atom. The molecule has 0 radical (unpaired) electrons. The van der Waals surface area contributed by atoms with Crippen LogP contribution in [-0.4, -0.2) is 63.6 Å². The maximum absolute atomic E-state index is 11.5. The fourth-order valence-electron chi connectivity index (χ4n) is 1.81. The first-order valence-electron chi connectivity index (χ1n) is 5.96. The molecule has 0 aliphatic carbocycles. The Morgan fingerprint density at radius 1 is 1.22 bits per heavy atom. The number of carbonyl (C=O) groups excluding carboxylic acids is 1. The number of carbonyl (C=O) groups is 1. The highest BCUT2D eigenvalue weighted by atomic mass is 16.6. The molecule has 1 aliphatic heterocycles. The summed E-state index contributed by atoms with van der Waals surface area (Å²) in [5.41, 5.74) is 0. The molecule has 106 valence electrons. The van der Waals surface area contributed by atoms with Crippen molar-refractivity contribution in [3.05, 3.63) is 0 Å². The van der Waals surface area contributed by atoms with Crippen molar-refractivity contribution in [3.8, 4) is 0 Å². The topological polar surface area (TPSA) is 119 Å². The molecule has 0 saturated carbocycles. The number of rotatable bonds is 4. The van der Waals surface area contributed by atoms with Gasteiger partial charge in [0.25, 0.3) is 0 Å². The third-order valence-corrected chi connectivity index (χ3v) is 2.79. The second kappa shape index (κ2) is 6.44. The lowest BCUT2D eigenvalue weighted by atomic mass is 9.98. The molecular weight excluding hydrogens is 242 g/mol. The molecule has 1 heterocycles. The average Bonchev–Trinajstić information content (AvgIpc) is 2.29. The van der Waals surface area contributed by atoms with E-state index in [9.17, 15) is 20.1 Å². The minimum atomic E-state index is -1.47. The zero-order chi connectivity index (χ0) is 13.9. The maximum atomic E-state index is 11.5. The maximum Gasteiger partial charge on any atom is 0.222 e. The fourth-order valence-corrected chi connectivity index (χ4v) is 1.81. The normalized spacial score (nSPS) is 36.7. The van der Waals surface area contributed by atoms with E-state index in [0.29, 0.717) is 0 Å². The van der Waals surface area contributed by atoms with E-state index in [1.807, 2.05) is 13.8 Å². The van der Waals surface area contributed by atoms with Crippen LogP contribution in [0.2, 0.25) is 0 Å². The van der Waals surface area contributed by atoms with Gasteiger partial charge in [0.05, 0.1) is 6.61 Å². The monoisotopic (exact) mass is 263 g/mol. The van der Waals surface area contributed by atoms with Gasteiger partial charge >= 0.3 is 0 Å². The van der Waals surface area contributed by atoms with Crippen LogP contribution in [0.1, 0.15) is 20.3 Å². The second-order valence-corrected chi connectivity index (χ2v) is 4.91. The molecule has 1 aliphatic rings. The highest BCUT2D eigenvalue weighted by Gasteiger charge is 2.43. The zero-order valence-electron chi connectivity index (χ0n) is 10.5. The van der Waals surface area contributed by atoms with Gasteiger partial charge in [-0.25, -0.2) is 0 Å². The molecule has 0 aromatic heterocycles. The summed E-state index contributed by atoms with van der Waals surface area (Å²) in [7, 11) is 0. The van der Waals surface area contributed by atoms with Crippen molar-refractivity contribution in [2.45, 2.75) is 50.9 Å². The second-order valence-electron chi connectivity index (χ2n) is 4.91. The molecule has 0 aromatic carbocycles. The van der Waals surface area contributed by atoms with Gasteiger partial charge in [-0.15, -0.1) is 0 Å². The van der Waals surface area contributed by atoms with Gasteiger partial charge in [0.1, 0.15) is 24.4 Å². The summed E-state index contributed by atoms with van der Waals surface area (Å²) >= 11 is 0. The first-order valence-corrected chi connectivity index (χ1v) is 5.96. The molecule has 0 spiro atoms. The summed E-state index contributed by atoms with van der Waals surface area (Å²) in [4.78, 5) is 11.5. The molecule has 1 rings (SSSR count). The number of hydrogen-bond acceptors (Lipinski definition) is 6. The Morgan fingerprint density at radius 3 is 2.33 bits per heavy atom.